The highest BCUT2D eigenvalue weighted by Gasteiger charge is 2.42. The molecular formula is C26H34NO4S+. The molecule has 0 saturated heterocycles. The number of hydrogen-bond acceptors (Lipinski definition) is 4. The van der Waals surface area contributed by atoms with Crippen LogP contribution in [0.3, 0.4) is 0 Å². The van der Waals surface area contributed by atoms with E-state index in [0.29, 0.717) is 16.5 Å². The maximum atomic E-state index is 13.9. The van der Waals surface area contributed by atoms with Crippen LogP contribution in [-0.2, 0) is 9.53 Å². The number of hydrogen-bond donors (Lipinski definition) is 2. The van der Waals surface area contributed by atoms with Gasteiger partial charge >= 0.3 is 11.9 Å². The standard InChI is InChI=1S/C26H33NO4S/c1-17-8-10-19(11-9-17)25(28)27(20-12-14-21(31-2)15-13-20)22-16-23(32-24(22)26(29)30)18-6-4-3-5-7-18/h3-7,16-17,19-21H,8-15H2,1-2H3,(H,29,30)/p+1. The van der Waals surface area contributed by atoms with Crippen LogP contribution in [0.4, 0.5) is 5.69 Å². The average Bonchev–Trinajstić information content (AvgIpc) is 3.26. The van der Waals surface area contributed by atoms with Gasteiger partial charge in [0.05, 0.1) is 18.1 Å². The minimum atomic E-state index is -0.944. The number of carbonyl (C=O) groups is 2. The Balaban J connectivity index is 1.71. The van der Waals surface area contributed by atoms with E-state index in [-0.39, 0.29) is 24.0 Å². The first kappa shape index (κ1) is 23.1. The van der Waals surface area contributed by atoms with Crippen molar-refractivity contribution in [1.29, 1.82) is 0 Å². The van der Waals surface area contributed by atoms with E-state index in [0.717, 1.165) is 66.7 Å². The Morgan fingerprint density at radius 3 is 2.25 bits per heavy atom. The van der Waals surface area contributed by atoms with E-state index >= 15 is 0 Å². The Labute approximate surface area is 194 Å². The summed E-state index contributed by atoms with van der Waals surface area (Å²) in [6, 6.07) is 11.9. The number of amides is 1. The van der Waals surface area contributed by atoms with Crippen molar-refractivity contribution in [2.45, 2.75) is 70.4 Å². The number of benzene rings is 1. The van der Waals surface area contributed by atoms with E-state index < -0.39 is 5.97 Å². The molecule has 0 spiro atoms. The first-order valence-corrected chi connectivity index (χ1v) is 12.7. The monoisotopic (exact) mass is 456 g/mol. The zero-order valence-corrected chi connectivity index (χ0v) is 19.8. The van der Waals surface area contributed by atoms with Gasteiger partial charge in [-0.05, 0) is 50.0 Å². The second-order valence-electron chi connectivity index (χ2n) is 9.47. The fourth-order valence-corrected chi connectivity index (χ4v) is 6.39. The SMILES string of the molecule is COC1CCC([NH+](C(=O)C2CCC(C)CC2)c2cc(-c3ccccc3)sc2C(=O)O)CC1. The van der Waals surface area contributed by atoms with Gasteiger partial charge in [0.15, 0.2) is 10.6 Å². The Morgan fingerprint density at radius 2 is 1.66 bits per heavy atom. The van der Waals surface area contributed by atoms with Gasteiger partial charge in [-0.3, -0.25) is 0 Å². The summed E-state index contributed by atoms with van der Waals surface area (Å²) in [6.07, 6.45) is 7.78. The third-order valence-electron chi connectivity index (χ3n) is 7.34. The maximum absolute atomic E-state index is 13.9. The summed E-state index contributed by atoms with van der Waals surface area (Å²) in [5, 5.41) is 10.0. The third kappa shape index (κ3) is 4.98. The molecule has 2 saturated carbocycles. The van der Waals surface area contributed by atoms with Crippen molar-refractivity contribution in [2.24, 2.45) is 11.8 Å². The highest BCUT2D eigenvalue weighted by Crippen LogP contribution is 2.35. The lowest BCUT2D eigenvalue weighted by Gasteiger charge is -2.34. The van der Waals surface area contributed by atoms with Crippen LogP contribution in [0, 0.1) is 11.8 Å². The van der Waals surface area contributed by atoms with E-state index in [1.165, 1.54) is 11.3 Å². The van der Waals surface area contributed by atoms with Crippen LogP contribution < -0.4 is 4.90 Å². The zero-order chi connectivity index (χ0) is 22.7. The minimum absolute atomic E-state index is 0.0167. The number of carbonyl (C=O) groups excluding carboxylic acids is 1. The number of thiophene rings is 1. The van der Waals surface area contributed by atoms with Gasteiger partial charge in [-0.15, -0.1) is 11.3 Å². The maximum Gasteiger partial charge on any atom is 0.352 e. The van der Waals surface area contributed by atoms with Crippen LogP contribution in [0.15, 0.2) is 36.4 Å². The molecule has 1 aromatic heterocycles. The largest absolute Gasteiger partial charge is 0.477 e. The van der Waals surface area contributed by atoms with Crippen LogP contribution in [0.25, 0.3) is 10.4 Å². The molecule has 5 nitrogen and oxygen atoms in total. The van der Waals surface area contributed by atoms with Gasteiger partial charge in [0, 0.05) is 30.9 Å². The first-order valence-electron chi connectivity index (χ1n) is 11.8. The summed E-state index contributed by atoms with van der Waals surface area (Å²) in [7, 11) is 1.75. The molecule has 172 valence electrons. The molecule has 1 amide bonds. The number of ether oxygens (including phenoxy) is 1. The fourth-order valence-electron chi connectivity index (χ4n) is 5.38. The quantitative estimate of drug-likeness (QED) is 0.646. The van der Waals surface area contributed by atoms with Gasteiger partial charge in [0.1, 0.15) is 0 Å². The lowest BCUT2D eigenvalue weighted by Crippen LogP contribution is -3.15. The van der Waals surface area contributed by atoms with Crippen molar-refractivity contribution in [3.8, 4) is 10.4 Å². The van der Waals surface area contributed by atoms with E-state index in [1.807, 2.05) is 36.4 Å². The molecule has 0 aliphatic heterocycles. The predicted octanol–water partition coefficient (Wildman–Crippen LogP) is 4.94. The molecule has 6 heteroatoms. The average molecular weight is 457 g/mol. The molecule has 2 fully saturated rings. The van der Waals surface area contributed by atoms with Crippen molar-refractivity contribution < 1.29 is 24.3 Å². The van der Waals surface area contributed by atoms with Crippen molar-refractivity contribution in [3.63, 3.8) is 0 Å². The van der Waals surface area contributed by atoms with Gasteiger partial charge in [0.25, 0.3) is 0 Å². The van der Waals surface area contributed by atoms with Gasteiger partial charge < -0.3 is 9.84 Å². The molecule has 1 atom stereocenters. The minimum Gasteiger partial charge on any atom is -0.477 e. The molecule has 2 N–H and O–H groups in total. The van der Waals surface area contributed by atoms with Crippen molar-refractivity contribution in [2.75, 3.05) is 7.11 Å². The molecule has 1 heterocycles. The van der Waals surface area contributed by atoms with E-state index in [4.69, 9.17) is 4.74 Å². The molecule has 1 unspecified atom stereocenters. The molecule has 0 radical (unpaired) electrons. The molecule has 32 heavy (non-hydrogen) atoms. The summed E-state index contributed by atoms with van der Waals surface area (Å²) >= 11 is 1.29. The second kappa shape index (κ2) is 10.3. The molecule has 0 bridgehead atoms. The topological polar surface area (TPSA) is 68.0 Å². The second-order valence-corrected chi connectivity index (χ2v) is 10.5. The summed E-state index contributed by atoms with van der Waals surface area (Å²) in [5.41, 5.74) is 1.65. The highest BCUT2D eigenvalue weighted by molar-refractivity contribution is 7.17. The van der Waals surface area contributed by atoms with E-state index in [9.17, 15) is 14.7 Å². The summed E-state index contributed by atoms with van der Waals surface area (Å²) in [4.78, 5) is 28.2. The highest BCUT2D eigenvalue weighted by atomic mass is 32.1. The van der Waals surface area contributed by atoms with Crippen molar-refractivity contribution >= 4 is 28.9 Å². The van der Waals surface area contributed by atoms with Gasteiger partial charge in [-0.25, -0.2) is 14.5 Å². The van der Waals surface area contributed by atoms with Crippen LogP contribution in [-0.4, -0.2) is 36.2 Å². The van der Waals surface area contributed by atoms with Gasteiger partial charge in [0.2, 0.25) is 0 Å². The van der Waals surface area contributed by atoms with Crippen molar-refractivity contribution in [1.82, 2.24) is 0 Å². The number of aromatic carboxylic acids is 1. The Hall–Kier alpha value is -2.02. The Morgan fingerprint density at radius 1 is 1.00 bits per heavy atom. The fraction of sp³-hybridized carbons (Fsp3) is 0.538. The molecule has 2 aliphatic carbocycles. The molecule has 2 aromatic rings. The smallest absolute Gasteiger partial charge is 0.352 e. The van der Waals surface area contributed by atoms with Crippen LogP contribution >= 0.6 is 11.3 Å². The molecular weight excluding hydrogens is 422 g/mol. The number of methoxy groups -OCH3 is 1. The van der Waals surface area contributed by atoms with Crippen molar-refractivity contribution in [3.05, 3.63) is 41.3 Å². The number of carboxylic acid groups (broad SMARTS) is 1. The first-order chi connectivity index (χ1) is 15.5. The van der Waals surface area contributed by atoms with Gasteiger partial charge in [-0.2, -0.15) is 0 Å². The number of carboxylic acids is 1. The molecule has 1 aromatic carbocycles. The Kier molecular flexibility index (Phi) is 7.44. The predicted molar refractivity (Wildman–Crippen MR) is 127 cm³/mol. The number of quaternary nitrogens is 1. The van der Waals surface area contributed by atoms with Crippen LogP contribution in [0.5, 0.6) is 0 Å². The summed E-state index contributed by atoms with van der Waals surface area (Å²) in [5.74, 6) is -0.0684. The van der Waals surface area contributed by atoms with E-state index in [2.05, 4.69) is 6.92 Å². The summed E-state index contributed by atoms with van der Waals surface area (Å²) in [6.45, 7) is 2.25. The lowest BCUT2D eigenvalue weighted by molar-refractivity contribution is -0.784. The zero-order valence-electron chi connectivity index (χ0n) is 19.0. The number of rotatable bonds is 6. The number of nitrogens with one attached hydrogen (secondary N) is 1. The van der Waals surface area contributed by atoms with Crippen LogP contribution in [0.2, 0.25) is 0 Å². The molecule has 2 aliphatic rings. The van der Waals surface area contributed by atoms with Gasteiger partial charge in [-0.1, -0.05) is 37.3 Å². The van der Waals surface area contributed by atoms with Crippen LogP contribution in [0.1, 0.15) is 68.0 Å². The third-order valence-corrected chi connectivity index (χ3v) is 8.51. The normalized spacial score (nSPS) is 27.1. The lowest BCUT2D eigenvalue weighted by atomic mass is 9.81. The Bertz CT molecular complexity index is 925. The van der Waals surface area contributed by atoms with E-state index in [1.54, 1.807) is 7.11 Å². The summed E-state index contributed by atoms with van der Waals surface area (Å²) < 4.78 is 5.55. The molecule has 4 rings (SSSR count).